The molecular formula is C26H31FN6O3. The Morgan fingerprint density at radius 2 is 1.92 bits per heavy atom. The van der Waals surface area contributed by atoms with Crippen molar-refractivity contribution in [3.63, 3.8) is 0 Å². The van der Waals surface area contributed by atoms with Crippen LogP contribution in [0.4, 0.5) is 16.0 Å². The van der Waals surface area contributed by atoms with Crippen LogP contribution >= 0.6 is 0 Å². The monoisotopic (exact) mass is 494 g/mol. The number of amides is 1. The van der Waals surface area contributed by atoms with Crippen molar-refractivity contribution in [1.82, 2.24) is 24.8 Å². The average molecular weight is 495 g/mol. The fourth-order valence-corrected chi connectivity index (χ4v) is 5.34. The number of anilines is 2. The molecule has 2 N–H and O–H groups in total. The molecule has 10 heteroatoms. The molecule has 9 nitrogen and oxygen atoms in total. The summed E-state index contributed by atoms with van der Waals surface area (Å²) in [7, 11) is 1.57. The number of carbonyl (C=O) groups excluding carboxylic acids is 1. The number of nitrogens with one attached hydrogen (secondary N) is 2. The summed E-state index contributed by atoms with van der Waals surface area (Å²) in [6.07, 6.45) is 5.27. The van der Waals surface area contributed by atoms with Crippen molar-refractivity contribution in [3.05, 3.63) is 41.5 Å². The number of likely N-dealkylation sites (tertiary alicyclic amines) is 1. The molecule has 2 saturated heterocycles. The van der Waals surface area contributed by atoms with Crippen LogP contribution in [-0.4, -0.2) is 83.2 Å². The summed E-state index contributed by atoms with van der Waals surface area (Å²) in [5.41, 5.74) is 2.43. The number of benzene rings is 1. The Labute approximate surface area is 209 Å². The first kappa shape index (κ1) is 23.2. The van der Waals surface area contributed by atoms with Gasteiger partial charge in [0.25, 0.3) is 5.91 Å². The number of morpholine rings is 1. The maximum Gasteiger partial charge on any atom is 0.253 e. The summed E-state index contributed by atoms with van der Waals surface area (Å²) in [6.45, 7) is 5.02. The van der Waals surface area contributed by atoms with Crippen molar-refractivity contribution in [1.29, 1.82) is 0 Å². The summed E-state index contributed by atoms with van der Waals surface area (Å²) in [5, 5.41) is 3.67. The van der Waals surface area contributed by atoms with Crippen molar-refractivity contribution >= 4 is 28.6 Å². The number of H-pyrrole nitrogens is 1. The smallest absolute Gasteiger partial charge is 0.253 e. The third-order valence-corrected chi connectivity index (χ3v) is 7.48. The van der Waals surface area contributed by atoms with Gasteiger partial charge in [-0.2, -0.15) is 4.98 Å². The Balaban J connectivity index is 1.17. The first-order chi connectivity index (χ1) is 17.6. The Morgan fingerprint density at radius 1 is 1.14 bits per heavy atom. The lowest BCUT2D eigenvalue weighted by Crippen LogP contribution is -2.50. The molecule has 3 aliphatic rings. The van der Waals surface area contributed by atoms with Crippen molar-refractivity contribution in [2.75, 3.05) is 51.8 Å². The lowest BCUT2D eigenvalue weighted by Gasteiger charge is -2.40. The van der Waals surface area contributed by atoms with Crippen molar-refractivity contribution < 1.29 is 18.7 Å². The molecule has 4 heterocycles. The summed E-state index contributed by atoms with van der Waals surface area (Å²) >= 11 is 0. The zero-order valence-corrected chi connectivity index (χ0v) is 20.4. The molecule has 0 spiro atoms. The lowest BCUT2D eigenvalue weighted by molar-refractivity contribution is 0.00159. The molecule has 2 aromatic heterocycles. The van der Waals surface area contributed by atoms with E-state index in [1.165, 1.54) is 6.20 Å². The largest absolute Gasteiger partial charge is 0.495 e. The van der Waals surface area contributed by atoms with Crippen LogP contribution in [0.2, 0.25) is 0 Å². The number of methoxy groups -OCH3 is 1. The number of nitrogens with zero attached hydrogens (tertiary/aromatic N) is 4. The quantitative estimate of drug-likeness (QED) is 0.540. The van der Waals surface area contributed by atoms with Crippen molar-refractivity contribution in [3.8, 4) is 5.75 Å². The predicted molar refractivity (Wildman–Crippen MR) is 133 cm³/mol. The summed E-state index contributed by atoms with van der Waals surface area (Å²) < 4.78 is 25.3. The Hall–Kier alpha value is -3.24. The van der Waals surface area contributed by atoms with Crippen LogP contribution in [-0.2, 0) is 4.74 Å². The van der Waals surface area contributed by atoms with Crippen LogP contribution in [0, 0.1) is 5.82 Å². The second-order valence-electron chi connectivity index (χ2n) is 9.78. The predicted octanol–water partition coefficient (Wildman–Crippen LogP) is 3.66. The third-order valence-electron chi connectivity index (χ3n) is 7.48. The minimum absolute atomic E-state index is 0.0100. The van der Waals surface area contributed by atoms with Crippen LogP contribution < -0.4 is 10.1 Å². The number of ether oxygens (including phenoxy) is 2. The maximum atomic E-state index is 14.3. The third kappa shape index (κ3) is 4.51. The first-order valence-corrected chi connectivity index (χ1v) is 12.7. The van der Waals surface area contributed by atoms with Gasteiger partial charge in [-0.1, -0.05) is 0 Å². The number of rotatable bonds is 6. The topological polar surface area (TPSA) is 95.6 Å². The van der Waals surface area contributed by atoms with E-state index in [-0.39, 0.29) is 17.6 Å². The highest BCUT2D eigenvalue weighted by Gasteiger charge is 2.31. The molecular weight excluding hydrogens is 463 g/mol. The standard InChI is InChI=1S/C26H31FN6O3/c1-35-21-14-17(25(34)33-8-6-18(7-9-33)32-10-12-36-13-11-32)4-5-20(21)29-26-30-23(16-2-3-16)22-19(27)15-28-24(22)31-26/h4-5,14-16,18H,2-3,6-13H2,1H3,(H2,28,29,30,31). The molecule has 36 heavy (non-hydrogen) atoms. The molecule has 0 atom stereocenters. The van der Waals surface area contributed by atoms with Crippen molar-refractivity contribution in [2.24, 2.45) is 0 Å². The highest BCUT2D eigenvalue weighted by Crippen LogP contribution is 2.43. The van der Waals surface area contributed by atoms with E-state index in [0.29, 0.717) is 40.0 Å². The number of aromatic amines is 1. The molecule has 1 amide bonds. The van der Waals surface area contributed by atoms with E-state index < -0.39 is 0 Å². The highest BCUT2D eigenvalue weighted by atomic mass is 19.1. The highest BCUT2D eigenvalue weighted by molar-refractivity contribution is 5.95. The normalized spacial score (nSPS) is 19.6. The summed E-state index contributed by atoms with van der Waals surface area (Å²) in [4.78, 5) is 29.6. The Kier molecular flexibility index (Phi) is 6.22. The Bertz CT molecular complexity index is 1260. The van der Waals surface area contributed by atoms with Gasteiger partial charge in [0.05, 0.1) is 37.1 Å². The molecule has 1 saturated carbocycles. The molecule has 3 fully saturated rings. The lowest BCUT2D eigenvalue weighted by atomic mass is 10.0. The number of halogens is 1. The van der Waals surface area contributed by atoms with Gasteiger partial charge in [-0.15, -0.1) is 0 Å². The average Bonchev–Trinajstić information content (AvgIpc) is 3.71. The van der Waals surface area contributed by atoms with Crippen LogP contribution in [0.25, 0.3) is 11.0 Å². The number of hydrogen-bond donors (Lipinski definition) is 2. The molecule has 0 bridgehead atoms. The molecule has 190 valence electrons. The number of aromatic nitrogens is 3. The van der Waals surface area contributed by atoms with Gasteiger partial charge in [0.15, 0.2) is 5.82 Å². The first-order valence-electron chi connectivity index (χ1n) is 12.7. The van der Waals surface area contributed by atoms with E-state index in [0.717, 1.165) is 70.8 Å². The molecule has 6 rings (SSSR count). The molecule has 2 aliphatic heterocycles. The van der Waals surface area contributed by atoms with E-state index in [4.69, 9.17) is 9.47 Å². The molecule has 0 radical (unpaired) electrons. The van der Waals surface area contributed by atoms with Gasteiger partial charge in [-0.05, 0) is 43.9 Å². The zero-order valence-electron chi connectivity index (χ0n) is 20.4. The van der Waals surface area contributed by atoms with Gasteiger partial charge >= 0.3 is 0 Å². The van der Waals surface area contributed by atoms with E-state index in [2.05, 4.69) is 25.2 Å². The van der Waals surface area contributed by atoms with Gasteiger partial charge in [0, 0.05) is 49.9 Å². The van der Waals surface area contributed by atoms with Gasteiger partial charge in [-0.3, -0.25) is 9.69 Å². The molecule has 1 aromatic carbocycles. The van der Waals surface area contributed by atoms with Crippen LogP contribution in [0.15, 0.2) is 24.4 Å². The van der Waals surface area contributed by atoms with Crippen LogP contribution in [0.5, 0.6) is 5.75 Å². The minimum atomic E-state index is -0.326. The van der Waals surface area contributed by atoms with E-state index in [9.17, 15) is 9.18 Å². The van der Waals surface area contributed by atoms with Gasteiger partial charge < -0.3 is 24.7 Å². The minimum Gasteiger partial charge on any atom is -0.495 e. The Morgan fingerprint density at radius 3 is 2.64 bits per heavy atom. The fourth-order valence-electron chi connectivity index (χ4n) is 5.34. The van der Waals surface area contributed by atoms with E-state index in [1.807, 2.05) is 11.0 Å². The van der Waals surface area contributed by atoms with Gasteiger partial charge in [-0.25, -0.2) is 9.37 Å². The number of piperidine rings is 1. The zero-order chi connectivity index (χ0) is 24.6. The number of fused-ring (bicyclic) bond motifs is 1. The summed E-state index contributed by atoms with van der Waals surface area (Å²) in [5.74, 6) is 0.839. The SMILES string of the molecule is COc1cc(C(=O)N2CCC(N3CCOCC3)CC2)ccc1Nc1nc(C2CC2)c2c(F)c[nH]c2n1. The second-order valence-corrected chi connectivity index (χ2v) is 9.78. The van der Waals surface area contributed by atoms with Crippen molar-refractivity contribution in [2.45, 2.75) is 37.6 Å². The van der Waals surface area contributed by atoms with Gasteiger partial charge in [0.2, 0.25) is 5.95 Å². The second kappa shape index (κ2) is 9.67. The maximum absolute atomic E-state index is 14.3. The fraction of sp³-hybridized carbons (Fsp3) is 0.500. The number of hydrogen-bond acceptors (Lipinski definition) is 7. The van der Waals surface area contributed by atoms with E-state index in [1.54, 1.807) is 19.2 Å². The summed E-state index contributed by atoms with van der Waals surface area (Å²) in [6, 6.07) is 5.89. The molecule has 1 aliphatic carbocycles. The van der Waals surface area contributed by atoms with Crippen LogP contribution in [0.1, 0.15) is 47.7 Å². The molecule has 0 unspecified atom stereocenters. The number of carbonyl (C=O) groups is 1. The van der Waals surface area contributed by atoms with E-state index >= 15 is 0 Å². The van der Waals surface area contributed by atoms with Gasteiger partial charge in [0.1, 0.15) is 11.4 Å². The molecule has 3 aromatic rings. The van der Waals surface area contributed by atoms with Crippen LogP contribution in [0.3, 0.4) is 0 Å².